The molecule has 0 unspecified atom stereocenters. The number of furan rings is 1. The molecule has 1 saturated heterocycles. The average Bonchev–Trinajstić information content (AvgIpc) is 3.36. The molecule has 2 aromatic carbocycles. The molecule has 0 bridgehead atoms. The maximum atomic E-state index is 13.1. The summed E-state index contributed by atoms with van der Waals surface area (Å²) in [6.07, 6.45) is 4.75. The number of hydrogen-bond donors (Lipinski definition) is 1. The Morgan fingerprint density at radius 3 is 2.74 bits per heavy atom. The lowest BCUT2D eigenvalue weighted by Crippen LogP contribution is -2.28. The van der Waals surface area contributed by atoms with Crippen molar-refractivity contribution < 1.29 is 14.3 Å². The van der Waals surface area contributed by atoms with E-state index < -0.39 is 0 Å². The Hall–Kier alpha value is -2.81. The summed E-state index contributed by atoms with van der Waals surface area (Å²) < 4.78 is 6.36. The van der Waals surface area contributed by atoms with E-state index in [-0.39, 0.29) is 18.2 Å². The first-order valence-corrected chi connectivity index (χ1v) is 11.1. The van der Waals surface area contributed by atoms with Crippen LogP contribution in [0.5, 0.6) is 5.75 Å². The third-order valence-corrected chi connectivity index (χ3v) is 6.04. The van der Waals surface area contributed by atoms with E-state index in [4.69, 9.17) is 16.0 Å². The zero-order chi connectivity index (χ0) is 21.8. The number of phenols is 1. The Morgan fingerprint density at radius 2 is 2.00 bits per heavy atom. The first-order chi connectivity index (χ1) is 15.0. The van der Waals surface area contributed by atoms with Gasteiger partial charge < -0.3 is 9.52 Å². The van der Waals surface area contributed by atoms with E-state index >= 15 is 0 Å². The highest BCUT2D eigenvalue weighted by molar-refractivity contribution is 9.10. The van der Waals surface area contributed by atoms with Crippen LogP contribution in [-0.4, -0.2) is 27.3 Å². The third kappa shape index (κ3) is 5.28. The average molecular weight is 517 g/mol. The first-order valence-electron chi connectivity index (χ1n) is 9.08. The fraction of sp³-hybridized carbons (Fsp3) is 0.0455. The van der Waals surface area contributed by atoms with Crippen molar-refractivity contribution in [2.45, 2.75) is 6.54 Å². The van der Waals surface area contributed by atoms with Crippen LogP contribution in [0, 0.1) is 0 Å². The van der Waals surface area contributed by atoms with Gasteiger partial charge in [-0.05, 0) is 65.9 Å². The zero-order valence-corrected chi connectivity index (χ0v) is 19.1. The van der Waals surface area contributed by atoms with Crippen LogP contribution in [0.3, 0.4) is 0 Å². The molecule has 1 fully saturated rings. The van der Waals surface area contributed by atoms with Crippen molar-refractivity contribution >= 4 is 62.7 Å². The van der Waals surface area contributed by atoms with Crippen LogP contribution in [-0.2, 0) is 11.3 Å². The molecule has 9 heteroatoms. The number of nitrogens with zero attached hydrogens (tertiary/aromatic N) is 3. The van der Waals surface area contributed by atoms with Crippen molar-refractivity contribution in [1.82, 2.24) is 4.90 Å². The van der Waals surface area contributed by atoms with Crippen molar-refractivity contribution in [2.75, 3.05) is 0 Å². The highest BCUT2D eigenvalue weighted by atomic mass is 79.9. The van der Waals surface area contributed by atoms with Crippen LogP contribution < -0.4 is 0 Å². The number of rotatable bonds is 5. The molecule has 0 radical (unpaired) electrons. The Bertz CT molecular complexity index is 1190. The number of thioether (sulfide) groups is 1. The molecule has 1 aliphatic rings. The molecule has 0 aliphatic carbocycles. The van der Waals surface area contributed by atoms with Crippen LogP contribution in [0.2, 0.25) is 5.02 Å². The highest BCUT2D eigenvalue weighted by Crippen LogP contribution is 2.35. The van der Waals surface area contributed by atoms with E-state index in [9.17, 15) is 9.90 Å². The number of phenolic OH excluding ortho intramolecular Hbond substituents is 1. The van der Waals surface area contributed by atoms with Crippen LogP contribution in [0.25, 0.3) is 6.08 Å². The van der Waals surface area contributed by atoms with E-state index in [0.717, 1.165) is 10.0 Å². The summed E-state index contributed by atoms with van der Waals surface area (Å²) in [5, 5.41) is 19.4. The van der Waals surface area contributed by atoms with Gasteiger partial charge in [-0.15, -0.1) is 5.10 Å². The maximum absolute atomic E-state index is 13.1. The predicted octanol–water partition coefficient (Wildman–Crippen LogP) is 5.91. The number of amides is 1. The predicted molar refractivity (Wildman–Crippen MR) is 127 cm³/mol. The van der Waals surface area contributed by atoms with E-state index in [2.05, 4.69) is 26.1 Å². The molecular formula is C22H15BrClN3O3S. The van der Waals surface area contributed by atoms with Crippen molar-refractivity contribution in [1.29, 1.82) is 0 Å². The van der Waals surface area contributed by atoms with Gasteiger partial charge in [-0.1, -0.05) is 39.7 Å². The fourth-order valence-corrected chi connectivity index (χ4v) is 4.13. The van der Waals surface area contributed by atoms with Gasteiger partial charge in [0, 0.05) is 15.1 Å². The van der Waals surface area contributed by atoms with Crippen molar-refractivity contribution in [3.63, 3.8) is 0 Å². The summed E-state index contributed by atoms with van der Waals surface area (Å²) in [6, 6.07) is 15.8. The molecule has 1 aromatic heterocycles. The van der Waals surface area contributed by atoms with Gasteiger partial charge >= 0.3 is 0 Å². The normalized spacial score (nSPS) is 16.8. The first kappa shape index (κ1) is 21.4. The van der Waals surface area contributed by atoms with E-state index in [1.807, 2.05) is 24.3 Å². The monoisotopic (exact) mass is 515 g/mol. The number of carbonyl (C=O) groups is 1. The van der Waals surface area contributed by atoms with Gasteiger partial charge in [0.05, 0.1) is 23.9 Å². The largest absolute Gasteiger partial charge is 0.507 e. The number of hydrogen-bond acceptors (Lipinski definition) is 6. The molecule has 1 N–H and O–H groups in total. The zero-order valence-electron chi connectivity index (χ0n) is 15.9. The minimum Gasteiger partial charge on any atom is -0.507 e. The molecule has 1 amide bonds. The molecule has 0 atom stereocenters. The van der Waals surface area contributed by atoms with Gasteiger partial charge in [-0.2, -0.15) is 5.10 Å². The van der Waals surface area contributed by atoms with E-state index in [0.29, 0.717) is 26.4 Å². The molecule has 3 aromatic rings. The Balaban J connectivity index is 1.64. The summed E-state index contributed by atoms with van der Waals surface area (Å²) in [5.41, 5.74) is 1.32. The van der Waals surface area contributed by atoms with Crippen LogP contribution in [0.4, 0.5) is 0 Å². The van der Waals surface area contributed by atoms with Crippen molar-refractivity contribution in [3.05, 3.63) is 92.1 Å². The fourth-order valence-electron chi connectivity index (χ4n) is 2.76. The summed E-state index contributed by atoms with van der Waals surface area (Å²) in [6.45, 7) is 0.213. The van der Waals surface area contributed by atoms with Gasteiger partial charge in [0.2, 0.25) is 0 Å². The van der Waals surface area contributed by atoms with Crippen molar-refractivity contribution in [2.24, 2.45) is 10.2 Å². The second-order valence-electron chi connectivity index (χ2n) is 6.46. The van der Waals surface area contributed by atoms with Gasteiger partial charge in [-0.25, -0.2) is 0 Å². The molecule has 4 rings (SSSR count). The molecule has 0 saturated carbocycles. The van der Waals surface area contributed by atoms with Crippen molar-refractivity contribution in [3.8, 4) is 5.75 Å². The van der Waals surface area contributed by atoms with E-state index in [1.54, 1.807) is 42.8 Å². The van der Waals surface area contributed by atoms with Crippen LogP contribution in [0.15, 0.2) is 84.9 Å². The summed E-state index contributed by atoms with van der Waals surface area (Å²) >= 11 is 10.6. The Labute approximate surface area is 196 Å². The third-order valence-electron chi connectivity index (χ3n) is 4.28. The molecule has 156 valence electrons. The molecule has 1 aliphatic heterocycles. The maximum Gasteiger partial charge on any atom is 0.267 e. The van der Waals surface area contributed by atoms with Crippen LogP contribution >= 0.6 is 39.3 Å². The van der Waals surface area contributed by atoms with Gasteiger partial charge in [0.25, 0.3) is 5.91 Å². The van der Waals surface area contributed by atoms with Crippen LogP contribution in [0.1, 0.15) is 16.9 Å². The molecule has 31 heavy (non-hydrogen) atoms. The highest BCUT2D eigenvalue weighted by Gasteiger charge is 2.34. The topological polar surface area (TPSA) is 78.4 Å². The Kier molecular flexibility index (Phi) is 6.60. The summed E-state index contributed by atoms with van der Waals surface area (Å²) in [5.74, 6) is 0.380. The lowest BCUT2D eigenvalue weighted by atomic mass is 10.2. The summed E-state index contributed by atoms with van der Waals surface area (Å²) in [4.78, 5) is 14.9. The lowest BCUT2D eigenvalue weighted by Gasteiger charge is -2.12. The minimum absolute atomic E-state index is 0.0292. The molecule has 6 nitrogen and oxygen atoms in total. The van der Waals surface area contributed by atoms with Gasteiger partial charge in [-0.3, -0.25) is 9.69 Å². The molecule has 0 spiro atoms. The minimum atomic E-state index is -0.265. The number of halogens is 2. The van der Waals surface area contributed by atoms with Gasteiger partial charge in [0.1, 0.15) is 11.5 Å². The summed E-state index contributed by atoms with van der Waals surface area (Å²) in [7, 11) is 0. The standard InChI is InChI=1S/C22H15BrClN3O3S/c23-16-5-3-14(4-6-16)12-25-26-22-27(13-18-2-1-9-30-18)21(29)20(31-22)11-15-10-17(24)7-8-19(15)28/h1-12,28H,13H2/b20-11-,25-12-,26-22+. The number of amidine groups is 1. The Morgan fingerprint density at radius 1 is 1.19 bits per heavy atom. The SMILES string of the molecule is O=C1/C(=C/c2cc(Cl)ccc2O)S/C(=N/N=C\c2ccc(Br)cc2)N1Cc1ccco1. The quantitative estimate of drug-likeness (QED) is 0.260. The number of carbonyl (C=O) groups excluding carboxylic acids is 1. The second-order valence-corrected chi connectivity index (χ2v) is 8.82. The molecule has 2 heterocycles. The van der Waals surface area contributed by atoms with Gasteiger partial charge in [0.15, 0.2) is 5.17 Å². The second kappa shape index (κ2) is 9.55. The smallest absolute Gasteiger partial charge is 0.267 e. The number of aromatic hydroxyl groups is 1. The molecular weight excluding hydrogens is 502 g/mol. The number of benzene rings is 2. The lowest BCUT2D eigenvalue weighted by molar-refractivity contribution is -0.122. The van der Waals surface area contributed by atoms with E-state index in [1.165, 1.54) is 22.7 Å².